The third-order valence-electron chi connectivity index (χ3n) is 2.75. The molecule has 0 aliphatic rings. The standard InChI is InChI=1S/C17H23NO4/c1-5-6-7-14(16(20)21)18-15(19)12-8-10-13(11-9-12)22-17(2,3)4/h5-6,8-11,14H,7H2,1-4H3,(H,18,19)(H,20,21)/b6-5+. The minimum absolute atomic E-state index is 0.253. The first-order valence-corrected chi connectivity index (χ1v) is 7.17. The van der Waals surface area contributed by atoms with E-state index in [0.717, 1.165) is 0 Å². The van der Waals surface area contributed by atoms with Gasteiger partial charge in [-0.25, -0.2) is 4.79 Å². The molecule has 1 atom stereocenters. The fraction of sp³-hybridized carbons (Fsp3) is 0.412. The average molecular weight is 305 g/mol. The zero-order chi connectivity index (χ0) is 16.8. The van der Waals surface area contributed by atoms with Gasteiger partial charge in [0.2, 0.25) is 0 Å². The molecule has 1 rings (SSSR count). The maximum absolute atomic E-state index is 12.1. The smallest absolute Gasteiger partial charge is 0.326 e. The third-order valence-corrected chi connectivity index (χ3v) is 2.75. The Labute approximate surface area is 131 Å². The van der Waals surface area contributed by atoms with Crippen molar-refractivity contribution in [3.63, 3.8) is 0 Å². The third kappa shape index (κ3) is 5.99. The van der Waals surface area contributed by atoms with E-state index in [1.807, 2.05) is 20.8 Å². The molecule has 5 heteroatoms. The Bertz CT molecular complexity index is 541. The number of rotatable bonds is 6. The fourth-order valence-electron chi connectivity index (χ4n) is 1.76. The van der Waals surface area contributed by atoms with Crippen LogP contribution in [0.1, 0.15) is 44.5 Å². The molecule has 5 nitrogen and oxygen atoms in total. The fourth-order valence-corrected chi connectivity index (χ4v) is 1.76. The number of hydrogen-bond donors (Lipinski definition) is 2. The second-order valence-corrected chi connectivity index (χ2v) is 5.91. The number of hydrogen-bond acceptors (Lipinski definition) is 3. The molecule has 0 saturated heterocycles. The minimum Gasteiger partial charge on any atom is -0.488 e. The molecule has 22 heavy (non-hydrogen) atoms. The molecule has 1 unspecified atom stereocenters. The normalized spacial score (nSPS) is 12.9. The van der Waals surface area contributed by atoms with Gasteiger partial charge in [-0.2, -0.15) is 0 Å². The van der Waals surface area contributed by atoms with E-state index in [-0.39, 0.29) is 12.0 Å². The number of carboxylic acids is 1. The number of amides is 1. The van der Waals surface area contributed by atoms with Crippen molar-refractivity contribution >= 4 is 11.9 Å². The molecular weight excluding hydrogens is 282 g/mol. The Morgan fingerprint density at radius 1 is 1.27 bits per heavy atom. The van der Waals surface area contributed by atoms with Crippen LogP contribution in [0.4, 0.5) is 0 Å². The lowest BCUT2D eigenvalue weighted by Gasteiger charge is -2.21. The van der Waals surface area contributed by atoms with Crippen molar-refractivity contribution < 1.29 is 19.4 Å². The summed E-state index contributed by atoms with van der Waals surface area (Å²) in [6.07, 6.45) is 3.71. The molecule has 120 valence electrons. The van der Waals surface area contributed by atoms with Gasteiger partial charge in [0.1, 0.15) is 17.4 Å². The maximum atomic E-state index is 12.1. The lowest BCUT2D eigenvalue weighted by molar-refractivity contribution is -0.139. The summed E-state index contributed by atoms with van der Waals surface area (Å²) in [5.74, 6) is -0.814. The summed E-state index contributed by atoms with van der Waals surface area (Å²) >= 11 is 0. The molecule has 0 aliphatic carbocycles. The van der Waals surface area contributed by atoms with E-state index in [4.69, 9.17) is 9.84 Å². The average Bonchev–Trinajstić information content (AvgIpc) is 2.42. The SMILES string of the molecule is C/C=C/CC(NC(=O)c1ccc(OC(C)(C)C)cc1)C(=O)O. The Morgan fingerprint density at radius 3 is 2.32 bits per heavy atom. The van der Waals surface area contributed by atoms with Crippen LogP contribution in [-0.2, 0) is 4.79 Å². The molecule has 0 aromatic heterocycles. The van der Waals surface area contributed by atoms with Crippen molar-refractivity contribution in [1.82, 2.24) is 5.32 Å². The molecule has 0 bridgehead atoms. The van der Waals surface area contributed by atoms with Crippen LogP contribution in [0.25, 0.3) is 0 Å². The first-order valence-electron chi connectivity index (χ1n) is 7.17. The van der Waals surface area contributed by atoms with Crippen LogP contribution >= 0.6 is 0 Å². The van der Waals surface area contributed by atoms with Crippen molar-refractivity contribution in [2.24, 2.45) is 0 Å². The Balaban J connectivity index is 2.74. The largest absolute Gasteiger partial charge is 0.488 e. The van der Waals surface area contributed by atoms with Crippen molar-refractivity contribution in [1.29, 1.82) is 0 Å². The van der Waals surface area contributed by atoms with Gasteiger partial charge in [-0.1, -0.05) is 12.2 Å². The summed E-state index contributed by atoms with van der Waals surface area (Å²) in [5.41, 5.74) is 0.0815. The Morgan fingerprint density at radius 2 is 1.86 bits per heavy atom. The second kappa shape index (κ2) is 7.64. The number of carbonyl (C=O) groups excluding carboxylic acids is 1. The minimum atomic E-state index is -1.06. The van der Waals surface area contributed by atoms with Crippen LogP contribution in [0.15, 0.2) is 36.4 Å². The van der Waals surface area contributed by atoms with Gasteiger partial charge in [-0.3, -0.25) is 4.79 Å². The predicted molar refractivity (Wildman–Crippen MR) is 85.1 cm³/mol. The van der Waals surface area contributed by atoms with E-state index < -0.39 is 17.9 Å². The molecule has 1 aromatic rings. The van der Waals surface area contributed by atoms with E-state index in [1.54, 1.807) is 43.3 Å². The second-order valence-electron chi connectivity index (χ2n) is 5.91. The highest BCUT2D eigenvalue weighted by atomic mass is 16.5. The summed E-state index contributed by atoms with van der Waals surface area (Å²) < 4.78 is 5.67. The summed E-state index contributed by atoms with van der Waals surface area (Å²) in [6.45, 7) is 7.61. The first-order chi connectivity index (χ1) is 10.2. The van der Waals surface area contributed by atoms with Gasteiger partial charge < -0.3 is 15.2 Å². The highest BCUT2D eigenvalue weighted by Crippen LogP contribution is 2.18. The Hall–Kier alpha value is -2.30. The van der Waals surface area contributed by atoms with Gasteiger partial charge in [-0.15, -0.1) is 0 Å². The number of nitrogens with one attached hydrogen (secondary N) is 1. The lowest BCUT2D eigenvalue weighted by atomic mass is 10.1. The molecule has 0 heterocycles. The highest BCUT2D eigenvalue weighted by Gasteiger charge is 2.19. The summed E-state index contributed by atoms with van der Waals surface area (Å²) in [6, 6.07) is 5.69. The van der Waals surface area contributed by atoms with Crippen LogP contribution in [0.2, 0.25) is 0 Å². The van der Waals surface area contributed by atoms with E-state index in [9.17, 15) is 9.59 Å². The summed E-state index contributed by atoms with van der Waals surface area (Å²) in [5, 5.41) is 11.6. The number of allylic oxidation sites excluding steroid dienone is 1. The van der Waals surface area contributed by atoms with E-state index in [0.29, 0.717) is 11.3 Å². The quantitative estimate of drug-likeness (QED) is 0.792. The van der Waals surface area contributed by atoms with Crippen molar-refractivity contribution in [2.75, 3.05) is 0 Å². The van der Waals surface area contributed by atoms with Gasteiger partial charge in [0.15, 0.2) is 0 Å². The molecule has 0 radical (unpaired) electrons. The van der Waals surface area contributed by atoms with E-state index in [1.165, 1.54) is 0 Å². The number of carboxylic acid groups (broad SMARTS) is 1. The molecule has 0 fully saturated rings. The topological polar surface area (TPSA) is 75.6 Å². The van der Waals surface area contributed by atoms with Crippen molar-refractivity contribution in [3.05, 3.63) is 42.0 Å². The number of benzene rings is 1. The zero-order valence-electron chi connectivity index (χ0n) is 13.4. The number of ether oxygens (including phenoxy) is 1. The highest BCUT2D eigenvalue weighted by molar-refractivity contribution is 5.96. The van der Waals surface area contributed by atoms with Gasteiger partial charge in [-0.05, 0) is 58.4 Å². The van der Waals surface area contributed by atoms with Crippen LogP contribution in [-0.4, -0.2) is 28.6 Å². The molecule has 0 spiro atoms. The molecular formula is C17H23NO4. The molecule has 2 N–H and O–H groups in total. The molecule has 1 aromatic carbocycles. The zero-order valence-corrected chi connectivity index (χ0v) is 13.4. The van der Waals surface area contributed by atoms with Crippen molar-refractivity contribution in [3.8, 4) is 5.75 Å². The van der Waals surface area contributed by atoms with E-state index in [2.05, 4.69) is 5.32 Å². The van der Waals surface area contributed by atoms with Crippen LogP contribution in [0, 0.1) is 0 Å². The Kier molecular flexibility index (Phi) is 6.16. The lowest BCUT2D eigenvalue weighted by Crippen LogP contribution is -2.40. The van der Waals surface area contributed by atoms with Gasteiger partial charge in [0.25, 0.3) is 5.91 Å². The number of carbonyl (C=O) groups is 2. The monoisotopic (exact) mass is 305 g/mol. The van der Waals surface area contributed by atoms with Crippen molar-refractivity contribution in [2.45, 2.75) is 45.8 Å². The summed E-state index contributed by atoms with van der Waals surface area (Å²) in [4.78, 5) is 23.2. The maximum Gasteiger partial charge on any atom is 0.326 e. The van der Waals surface area contributed by atoms with Gasteiger partial charge in [0, 0.05) is 5.56 Å². The molecule has 1 amide bonds. The molecule has 0 saturated carbocycles. The van der Waals surface area contributed by atoms with Gasteiger partial charge in [0.05, 0.1) is 0 Å². The van der Waals surface area contributed by atoms with Crippen LogP contribution < -0.4 is 10.1 Å². The first kappa shape index (κ1) is 17.8. The molecule has 0 aliphatic heterocycles. The summed E-state index contributed by atoms with van der Waals surface area (Å²) in [7, 11) is 0. The van der Waals surface area contributed by atoms with Crippen LogP contribution in [0.3, 0.4) is 0 Å². The van der Waals surface area contributed by atoms with Crippen LogP contribution in [0.5, 0.6) is 5.75 Å². The number of aliphatic carboxylic acids is 1. The van der Waals surface area contributed by atoms with Gasteiger partial charge >= 0.3 is 5.97 Å². The predicted octanol–water partition coefficient (Wildman–Crippen LogP) is 3.01. The van der Waals surface area contributed by atoms with E-state index >= 15 is 0 Å².